The van der Waals surface area contributed by atoms with E-state index in [9.17, 15) is 4.79 Å². The Labute approximate surface area is 203 Å². The highest BCUT2D eigenvalue weighted by atomic mass is 16.5. The normalized spacial score (nSPS) is 10.8. The lowest BCUT2D eigenvalue weighted by atomic mass is 10.2. The molecule has 1 amide bonds. The van der Waals surface area contributed by atoms with E-state index in [0.29, 0.717) is 46.5 Å². The molecule has 35 heavy (non-hydrogen) atoms. The molecule has 3 aromatic rings. The summed E-state index contributed by atoms with van der Waals surface area (Å²) in [4.78, 5) is 21.6. The van der Waals surface area contributed by atoms with Gasteiger partial charge >= 0.3 is 0 Å². The standard InChI is InChI=1S/C25H28N4O6/c1-31-19-7-6-17(12-20(19)32-2)24(30)29-25(27-15-16-8-10-26-11-9-16)28-18-13-21(33-3)23(35-5)22(14-18)34-4/h6-14H,15H2,1-5H3,(H2,27,28,29,30). The van der Waals surface area contributed by atoms with Crippen LogP contribution in [0.1, 0.15) is 15.9 Å². The molecule has 0 radical (unpaired) electrons. The SMILES string of the molecule is COc1ccc(C(=O)NC(=NCc2ccncc2)Nc2cc(OC)c(OC)c(OC)c2)cc1OC. The van der Waals surface area contributed by atoms with Gasteiger partial charge in [-0.05, 0) is 35.9 Å². The number of pyridine rings is 1. The minimum atomic E-state index is -0.389. The maximum absolute atomic E-state index is 13.1. The smallest absolute Gasteiger partial charge is 0.258 e. The van der Waals surface area contributed by atoms with Crippen LogP contribution in [-0.4, -0.2) is 52.4 Å². The van der Waals surface area contributed by atoms with Gasteiger partial charge in [-0.25, -0.2) is 4.99 Å². The number of aliphatic imine (C=N–C) groups is 1. The van der Waals surface area contributed by atoms with Crippen LogP contribution in [0.25, 0.3) is 0 Å². The Balaban J connectivity index is 1.92. The highest BCUT2D eigenvalue weighted by Gasteiger charge is 2.16. The quantitative estimate of drug-likeness (QED) is 0.353. The van der Waals surface area contributed by atoms with Gasteiger partial charge in [0.1, 0.15) is 0 Å². The second kappa shape index (κ2) is 12.1. The molecule has 1 aromatic heterocycles. The van der Waals surface area contributed by atoms with Crippen molar-refractivity contribution in [3.8, 4) is 28.7 Å². The van der Waals surface area contributed by atoms with E-state index in [2.05, 4.69) is 20.6 Å². The largest absolute Gasteiger partial charge is 0.493 e. The molecule has 2 aromatic carbocycles. The number of anilines is 1. The number of amides is 1. The van der Waals surface area contributed by atoms with Gasteiger partial charge < -0.3 is 29.0 Å². The number of ether oxygens (including phenoxy) is 5. The average molecular weight is 481 g/mol. The van der Waals surface area contributed by atoms with Crippen LogP contribution in [0.15, 0.2) is 59.9 Å². The van der Waals surface area contributed by atoms with E-state index in [4.69, 9.17) is 23.7 Å². The Kier molecular flexibility index (Phi) is 8.71. The number of nitrogens with zero attached hydrogens (tertiary/aromatic N) is 2. The number of methoxy groups -OCH3 is 5. The first-order valence-electron chi connectivity index (χ1n) is 10.6. The number of hydrogen-bond acceptors (Lipinski definition) is 8. The van der Waals surface area contributed by atoms with Crippen LogP contribution < -0.4 is 34.3 Å². The molecule has 0 fully saturated rings. The third-order valence-electron chi connectivity index (χ3n) is 4.97. The maximum atomic E-state index is 13.1. The zero-order chi connectivity index (χ0) is 25.2. The highest BCUT2D eigenvalue weighted by molar-refractivity contribution is 6.10. The number of guanidine groups is 1. The molecule has 184 valence electrons. The number of hydrogen-bond donors (Lipinski definition) is 2. The van der Waals surface area contributed by atoms with Gasteiger partial charge in [0.2, 0.25) is 11.7 Å². The fourth-order valence-electron chi connectivity index (χ4n) is 3.22. The first kappa shape index (κ1) is 25.2. The molecule has 2 N–H and O–H groups in total. The topological polar surface area (TPSA) is 113 Å². The number of rotatable bonds is 9. The maximum Gasteiger partial charge on any atom is 0.258 e. The summed E-state index contributed by atoms with van der Waals surface area (Å²) in [5, 5.41) is 5.95. The number of benzene rings is 2. The second-order valence-electron chi connectivity index (χ2n) is 7.08. The zero-order valence-corrected chi connectivity index (χ0v) is 20.2. The lowest BCUT2D eigenvalue weighted by Gasteiger charge is -2.17. The molecule has 0 spiro atoms. The van der Waals surface area contributed by atoms with E-state index >= 15 is 0 Å². The summed E-state index contributed by atoms with van der Waals surface area (Å²) < 4.78 is 26.8. The number of nitrogens with one attached hydrogen (secondary N) is 2. The number of carbonyl (C=O) groups excluding carboxylic acids is 1. The van der Waals surface area contributed by atoms with Crippen molar-refractivity contribution >= 4 is 17.6 Å². The molecule has 0 aliphatic carbocycles. The minimum Gasteiger partial charge on any atom is -0.493 e. The van der Waals surface area contributed by atoms with Crippen LogP contribution in [0.3, 0.4) is 0 Å². The molecule has 10 heteroatoms. The zero-order valence-electron chi connectivity index (χ0n) is 20.2. The Bertz CT molecular complexity index is 1160. The molecule has 10 nitrogen and oxygen atoms in total. The van der Waals surface area contributed by atoms with Crippen molar-refractivity contribution in [2.45, 2.75) is 6.54 Å². The van der Waals surface area contributed by atoms with Gasteiger partial charge in [0.05, 0.1) is 42.1 Å². The van der Waals surface area contributed by atoms with E-state index in [0.717, 1.165) is 5.56 Å². The van der Waals surface area contributed by atoms with Crippen LogP contribution in [0.5, 0.6) is 28.7 Å². The van der Waals surface area contributed by atoms with Crippen LogP contribution in [0.2, 0.25) is 0 Å². The summed E-state index contributed by atoms with van der Waals surface area (Å²) in [6, 6.07) is 12.0. The van der Waals surface area contributed by atoms with Gasteiger partial charge in [0.15, 0.2) is 23.0 Å². The van der Waals surface area contributed by atoms with E-state index in [-0.39, 0.29) is 11.9 Å². The summed E-state index contributed by atoms with van der Waals surface area (Å²) >= 11 is 0. The van der Waals surface area contributed by atoms with Gasteiger partial charge in [-0.3, -0.25) is 15.1 Å². The van der Waals surface area contributed by atoms with Crippen molar-refractivity contribution in [3.05, 3.63) is 66.0 Å². The van der Waals surface area contributed by atoms with Crippen molar-refractivity contribution in [2.75, 3.05) is 40.9 Å². The van der Waals surface area contributed by atoms with Crippen molar-refractivity contribution in [1.29, 1.82) is 0 Å². The first-order valence-corrected chi connectivity index (χ1v) is 10.6. The van der Waals surface area contributed by atoms with Gasteiger partial charge in [-0.15, -0.1) is 0 Å². The van der Waals surface area contributed by atoms with Gasteiger partial charge in [0, 0.05) is 35.8 Å². The van der Waals surface area contributed by atoms with E-state index < -0.39 is 0 Å². The lowest BCUT2D eigenvalue weighted by Crippen LogP contribution is -2.36. The second-order valence-corrected chi connectivity index (χ2v) is 7.08. The molecule has 0 bridgehead atoms. The fourth-order valence-corrected chi connectivity index (χ4v) is 3.22. The van der Waals surface area contributed by atoms with Crippen LogP contribution >= 0.6 is 0 Å². The van der Waals surface area contributed by atoms with Crippen LogP contribution in [0.4, 0.5) is 5.69 Å². The lowest BCUT2D eigenvalue weighted by molar-refractivity contribution is 0.0976. The molecule has 0 aliphatic heterocycles. The van der Waals surface area contributed by atoms with Crippen molar-refractivity contribution in [2.24, 2.45) is 4.99 Å². The molecule has 0 unspecified atom stereocenters. The molecule has 0 aliphatic rings. The van der Waals surface area contributed by atoms with Crippen molar-refractivity contribution in [3.63, 3.8) is 0 Å². The van der Waals surface area contributed by atoms with Crippen molar-refractivity contribution in [1.82, 2.24) is 10.3 Å². The Morgan fingerprint density at radius 2 is 1.43 bits per heavy atom. The third-order valence-corrected chi connectivity index (χ3v) is 4.97. The van der Waals surface area contributed by atoms with E-state index in [1.807, 2.05) is 12.1 Å². The molecule has 3 rings (SSSR count). The molecular formula is C25H28N4O6. The molecule has 0 atom stereocenters. The van der Waals surface area contributed by atoms with Crippen molar-refractivity contribution < 1.29 is 28.5 Å². The van der Waals surface area contributed by atoms with Gasteiger partial charge in [0.25, 0.3) is 5.91 Å². The Hall–Kier alpha value is -4.47. The average Bonchev–Trinajstić information content (AvgIpc) is 2.91. The third kappa shape index (κ3) is 6.32. The number of aromatic nitrogens is 1. The van der Waals surface area contributed by atoms with Crippen LogP contribution in [0, 0.1) is 0 Å². The predicted molar refractivity (Wildman–Crippen MR) is 132 cm³/mol. The summed E-state index contributed by atoms with van der Waals surface area (Å²) in [6.45, 7) is 0.307. The fraction of sp³-hybridized carbons (Fsp3) is 0.240. The summed E-state index contributed by atoms with van der Waals surface area (Å²) in [7, 11) is 7.62. The van der Waals surface area contributed by atoms with E-state index in [1.165, 1.54) is 35.5 Å². The monoisotopic (exact) mass is 480 g/mol. The molecule has 0 saturated heterocycles. The van der Waals surface area contributed by atoms with E-state index in [1.54, 1.807) is 42.7 Å². The minimum absolute atomic E-state index is 0.218. The molecule has 0 saturated carbocycles. The summed E-state index contributed by atoms with van der Waals surface area (Å²) in [5.41, 5.74) is 1.86. The summed E-state index contributed by atoms with van der Waals surface area (Å²) in [5.74, 6) is 2.14. The Morgan fingerprint density at radius 1 is 0.800 bits per heavy atom. The van der Waals surface area contributed by atoms with Gasteiger partial charge in [-0.1, -0.05) is 0 Å². The highest BCUT2D eigenvalue weighted by Crippen LogP contribution is 2.40. The predicted octanol–water partition coefficient (Wildman–Crippen LogP) is 3.52. The molecule has 1 heterocycles. The number of carbonyl (C=O) groups is 1. The molecular weight excluding hydrogens is 452 g/mol. The van der Waals surface area contributed by atoms with Crippen LogP contribution in [-0.2, 0) is 6.54 Å². The Morgan fingerprint density at radius 3 is 2.00 bits per heavy atom. The van der Waals surface area contributed by atoms with Gasteiger partial charge in [-0.2, -0.15) is 0 Å². The summed E-state index contributed by atoms with van der Waals surface area (Å²) in [6.07, 6.45) is 3.36. The first-order chi connectivity index (χ1) is 17.0.